The number of benzene rings is 4. The largest absolute Gasteiger partial charge is 0.744 e. The van der Waals surface area contributed by atoms with Crippen molar-refractivity contribution in [3.63, 3.8) is 0 Å². The van der Waals surface area contributed by atoms with Gasteiger partial charge >= 0.3 is 0 Å². The van der Waals surface area contributed by atoms with Gasteiger partial charge in [-0.05, 0) is 48.5 Å². The van der Waals surface area contributed by atoms with Crippen molar-refractivity contribution in [3.05, 3.63) is 48.5 Å². The minimum atomic E-state index is -5.26. The van der Waals surface area contributed by atoms with Crippen LogP contribution in [0.25, 0.3) is 0 Å². The molecule has 0 fully saturated rings. The topological polar surface area (TPSA) is 730 Å². The van der Waals surface area contributed by atoms with E-state index in [1.54, 1.807) is 0 Å². The summed E-state index contributed by atoms with van der Waals surface area (Å²) in [4.78, 5) is -6.62. The smallest absolute Gasteiger partial charge is 0.282 e. The van der Waals surface area contributed by atoms with Crippen molar-refractivity contribution in [2.45, 2.75) is 58.7 Å². The van der Waals surface area contributed by atoms with Crippen molar-refractivity contribution in [2.75, 3.05) is 0 Å². The Bertz CT molecular complexity index is 2080. The predicted octanol–water partition coefficient (Wildman–Crippen LogP) is -8.75. The van der Waals surface area contributed by atoms with Gasteiger partial charge in [0.25, 0.3) is 23.0 Å². The summed E-state index contributed by atoms with van der Waals surface area (Å²) in [6.07, 6.45) is 0. The maximum atomic E-state index is 12.1. The molecule has 364 valence electrons. The van der Waals surface area contributed by atoms with Crippen LogP contribution in [0.1, 0.15) is 0 Å². The molecule has 0 aromatic heterocycles. The molecule has 0 atom stereocenters. The molecule has 34 N–H and O–H groups in total. The van der Waals surface area contributed by atoms with Gasteiger partial charge in [-0.3, -0.25) is 0 Å². The van der Waals surface area contributed by atoms with Crippen molar-refractivity contribution < 1.29 is 198 Å². The average Bonchev–Trinajstić information content (AvgIpc) is 2.93. The zero-order chi connectivity index (χ0) is 35.7. The van der Waals surface area contributed by atoms with E-state index in [0.29, 0.717) is 47.0 Å². The van der Waals surface area contributed by atoms with Crippen LogP contribution in [0.3, 0.4) is 0 Å². The van der Waals surface area contributed by atoms with E-state index in [0.717, 1.165) is 48.5 Å². The van der Waals surface area contributed by atoms with Gasteiger partial charge in [-0.1, -0.05) is 47.0 Å². The van der Waals surface area contributed by atoms with Gasteiger partial charge in [-0.15, -0.1) is 0 Å². The summed E-state index contributed by atoms with van der Waals surface area (Å²) in [6.45, 7) is 0. The molecule has 1 heterocycles. The van der Waals surface area contributed by atoms with Gasteiger partial charge in [0.05, 0.1) is 19.6 Å². The molecule has 0 saturated heterocycles. The first-order chi connectivity index (χ1) is 21.9. The minimum Gasteiger partial charge on any atom is -0.744 e. The molecule has 8 bridgehead atoms. The summed E-state index contributed by atoms with van der Waals surface area (Å²) in [5, 5.41) is 34.9. The van der Waals surface area contributed by atoms with Crippen LogP contribution in [0.4, 0.5) is 0 Å². The molecule has 0 amide bonds. The van der Waals surface area contributed by atoms with Crippen LogP contribution >= 0.6 is 47.0 Å². The van der Waals surface area contributed by atoms with Crippen molar-refractivity contribution in [2.24, 2.45) is 0 Å². The third-order valence-electron chi connectivity index (χ3n) is 6.19. The van der Waals surface area contributed by atoms with E-state index in [1.165, 1.54) is 0 Å². The molecule has 1 aliphatic rings. The monoisotopic (exact) mass is 1280 g/mol. The van der Waals surface area contributed by atoms with Gasteiger partial charge in [0.1, 0.15) is 79.6 Å². The molecule has 39 heteroatoms. The normalized spacial score (nSPS) is 10.7. The third kappa shape index (κ3) is 19.7. The second-order valence-corrected chi connectivity index (χ2v) is 19.3. The second kappa shape index (κ2) is 31.4. The quantitative estimate of drug-likeness (QED) is 0.0916. The Morgan fingerprint density at radius 2 is 0.381 bits per heavy atom. The summed E-state index contributed by atoms with van der Waals surface area (Å²) < 4.78 is 145. The second-order valence-electron chi connectivity index (χ2n) is 9.40. The standard InChI is InChI=1S/C24H16O16S8.2Cd.13H2O/c25-21-13-1-9(45(29,30)31)2-14(21)42-17-5-11(47(35,36)37)6-18(23(17)27)44-20-8-12(48(38,39)40)7-19(24(20)28)43-16-4-10(46(32,33)34)3-15(41-13)22(16)26;;;;;;;;;;;;;;;/h1-8,25-28H,(H,29,30,31)(H,32,33,34)(H,35,36,37)(H,38,39,40);;;13*1H2. The van der Waals surface area contributed by atoms with Crippen LogP contribution < -0.4 is 0 Å². The van der Waals surface area contributed by atoms with Crippen molar-refractivity contribution in [3.8, 4) is 23.0 Å². The fraction of sp³-hybridized carbons (Fsp3) is 0. The Morgan fingerprint density at radius 3 is 0.460 bits per heavy atom. The van der Waals surface area contributed by atoms with Crippen LogP contribution in [0.2, 0.25) is 0 Å². The number of rotatable bonds is 4. The fourth-order valence-corrected chi connectivity index (χ4v) is 11.0. The van der Waals surface area contributed by atoms with Gasteiger partial charge < -0.3 is 110 Å². The Hall–Kier alpha value is -1.56. The SMILES string of the molecule is O.O.O.O.O.O.O.O.O.O.O.O.O.O=S(=O)([O-])c1cc2c([OH2+])c(c1)Sc1cc(S(=O)(=O)[O-])cc(c1[OH2+])Sc1cc(S(=O)(=O)[O-])cc(c1[OH2+])Sc1cc(S(=O)(=O)[O-])cc(c1[OH2+])S2.[Cd].[Cd]. The zero-order valence-corrected chi connectivity index (χ0v) is 45.3. The van der Waals surface area contributed by atoms with Gasteiger partial charge in [-0.25, -0.2) is 33.7 Å². The minimum absolute atomic E-state index is 0. The number of hydrogen-bond acceptors (Lipinski definition) is 16. The van der Waals surface area contributed by atoms with Crippen molar-refractivity contribution in [1.29, 1.82) is 0 Å². The maximum absolute atomic E-state index is 12.1. The predicted molar refractivity (Wildman–Crippen MR) is 213 cm³/mol. The van der Waals surface area contributed by atoms with Crippen molar-refractivity contribution >= 4 is 87.5 Å². The van der Waals surface area contributed by atoms with E-state index in [1.807, 2.05) is 0 Å². The molecule has 0 radical (unpaired) electrons. The summed E-state index contributed by atoms with van der Waals surface area (Å²) in [7, 11) is -21.0. The molecule has 63 heavy (non-hydrogen) atoms. The first-order valence-corrected chi connectivity index (χ1v) is 21.0. The third-order valence-corrected chi connectivity index (χ3v) is 13.8. The molecule has 0 unspecified atom stereocenters. The van der Waals surface area contributed by atoms with E-state index in [-0.39, 0.29) is 165 Å². The summed E-state index contributed by atoms with van der Waals surface area (Å²) >= 11 is 1.56. The molecule has 0 saturated carbocycles. The zero-order valence-electron chi connectivity index (χ0n) is 30.7. The molecule has 5 rings (SSSR count). The van der Waals surface area contributed by atoms with E-state index < -0.39 is 83.1 Å². The van der Waals surface area contributed by atoms with Crippen LogP contribution in [-0.4, -0.2) is 143 Å². The summed E-state index contributed by atoms with van der Waals surface area (Å²) in [6, 6.07) is 5.93. The number of hydrogen-bond donors (Lipinski definition) is 0. The Balaban J connectivity index is -0.000000200. The van der Waals surface area contributed by atoms with Crippen LogP contribution in [0.15, 0.2) is 107 Å². The van der Waals surface area contributed by atoms with E-state index in [4.69, 9.17) is 20.4 Å². The summed E-state index contributed by atoms with van der Waals surface area (Å²) in [5.41, 5.74) is 0. The number of fused-ring (bicyclic) bond motifs is 8. The van der Waals surface area contributed by atoms with Crippen LogP contribution in [0, 0.1) is 0 Å². The molecule has 29 nitrogen and oxygen atoms in total. The molecule has 0 aliphatic carbocycles. The Morgan fingerprint density at radius 1 is 0.286 bits per heavy atom. The van der Waals surface area contributed by atoms with Gasteiger partial charge in [0.2, 0.25) is 0 Å². The van der Waals surface area contributed by atoms with Gasteiger partial charge in [0.15, 0.2) is 0 Å². The average molecular weight is 1280 g/mol. The first kappa shape index (κ1) is 88.2. The molecular weight excluding hydrogens is 1230 g/mol. The first-order valence-electron chi connectivity index (χ1n) is 12.1. The summed E-state index contributed by atoms with van der Waals surface area (Å²) in [5.74, 6) is -2.16. The van der Waals surface area contributed by atoms with Crippen LogP contribution in [0.5, 0.6) is 23.0 Å². The molecule has 1 aliphatic heterocycles. The van der Waals surface area contributed by atoms with E-state index in [2.05, 4.69) is 0 Å². The Kier molecular flexibility index (Phi) is 44.0. The van der Waals surface area contributed by atoms with E-state index >= 15 is 0 Å². The van der Waals surface area contributed by atoms with Gasteiger partial charge in [-0.2, -0.15) is 0 Å². The van der Waals surface area contributed by atoms with Crippen LogP contribution in [-0.2, 0) is 95.1 Å². The molecule has 4 aromatic carbocycles. The fourth-order valence-electron chi connectivity index (χ4n) is 3.96. The van der Waals surface area contributed by atoms with E-state index in [9.17, 15) is 51.9 Å². The molecular formula is C24H42Cd2O29S8. The van der Waals surface area contributed by atoms with Gasteiger partial charge in [0, 0.05) is 54.6 Å². The Labute approximate surface area is 412 Å². The maximum Gasteiger partial charge on any atom is 0.282 e. The van der Waals surface area contributed by atoms with Crippen molar-refractivity contribution in [1.82, 2.24) is 0 Å². The molecule has 0 spiro atoms. The molecule has 4 aromatic rings.